The maximum atomic E-state index is 5.48. The number of pyridine rings is 1. The molecule has 0 saturated carbocycles. The van der Waals surface area contributed by atoms with Gasteiger partial charge in [-0.05, 0) is 62.5 Å². The number of rotatable bonds is 14. The molecule has 4 rings (SSSR count). The van der Waals surface area contributed by atoms with Crippen molar-refractivity contribution in [2.75, 3.05) is 52.3 Å². The number of hydrogen-bond donors (Lipinski definition) is 1. The zero-order chi connectivity index (χ0) is 26.5. The topological polar surface area (TPSA) is 55.7 Å². The lowest BCUT2D eigenvalue weighted by molar-refractivity contribution is -0.883. The molecule has 2 heterocycles. The van der Waals surface area contributed by atoms with E-state index in [1.165, 1.54) is 99.5 Å². The van der Waals surface area contributed by atoms with Crippen LogP contribution in [0, 0.1) is 11.8 Å². The van der Waals surface area contributed by atoms with E-state index in [0.29, 0.717) is 19.1 Å². The van der Waals surface area contributed by atoms with Gasteiger partial charge in [0.15, 0.2) is 6.61 Å². The van der Waals surface area contributed by atoms with Crippen molar-refractivity contribution in [2.45, 2.75) is 83.5 Å². The van der Waals surface area contributed by atoms with Crippen molar-refractivity contribution in [1.29, 1.82) is 0 Å². The maximum Gasteiger partial charge on any atom is 0.230 e. The van der Waals surface area contributed by atoms with Crippen LogP contribution in [0.2, 0.25) is 0 Å². The first kappa shape index (κ1) is 28.2. The predicted octanol–water partition coefficient (Wildman–Crippen LogP) is 6.48. The van der Waals surface area contributed by atoms with Gasteiger partial charge in [0, 0.05) is 23.3 Å². The van der Waals surface area contributed by atoms with Crippen LogP contribution in [-0.4, -0.2) is 62.3 Å². The number of hydrogen-bond acceptors (Lipinski definition) is 5. The summed E-state index contributed by atoms with van der Waals surface area (Å²) in [4.78, 5) is 9.88. The molecule has 206 valence electrons. The Labute approximate surface area is 229 Å². The van der Waals surface area contributed by atoms with E-state index in [1.54, 1.807) is 0 Å². The molecule has 0 radical (unpaired) electrons. The first-order chi connectivity index (χ1) is 18.6. The monoisotopic (exact) mass is 519 g/mol. The second-order valence-electron chi connectivity index (χ2n) is 11.4. The second-order valence-corrected chi connectivity index (χ2v) is 11.4. The molecule has 0 bridgehead atoms. The van der Waals surface area contributed by atoms with E-state index in [1.807, 2.05) is 0 Å². The molecular weight excluding hydrogens is 472 g/mol. The second kappa shape index (κ2) is 15.0. The van der Waals surface area contributed by atoms with Gasteiger partial charge in [-0.15, -0.1) is 0 Å². The first-order valence-corrected chi connectivity index (χ1v) is 14.9. The average molecular weight is 520 g/mol. The van der Waals surface area contributed by atoms with E-state index in [9.17, 15) is 0 Å². The summed E-state index contributed by atoms with van der Waals surface area (Å²) in [5.74, 6) is 7.04. The number of aryl methyl sites for hydroxylation is 1. The highest BCUT2D eigenvalue weighted by Crippen LogP contribution is 2.33. The number of fused-ring (bicyclic) bond motifs is 2. The fourth-order valence-electron chi connectivity index (χ4n) is 5.43. The fraction of sp³-hybridized carbons (Fsp3) is 0.625. The van der Waals surface area contributed by atoms with Crippen LogP contribution in [-0.2, 0) is 22.4 Å². The molecule has 2 aliphatic rings. The molecule has 0 saturated heterocycles. The molecule has 1 aliphatic carbocycles. The molecule has 1 N–H and O–H groups in total. The van der Waals surface area contributed by atoms with Crippen LogP contribution in [0.5, 0.6) is 0 Å². The van der Waals surface area contributed by atoms with Gasteiger partial charge in [0.1, 0.15) is 13.2 Å². The number of para-hydroxylation sites is 1. The molecule has 6 nitrogen and oxygen atoms in total. The first-order valence-electron chi connectivity index (χ1n) is 14.9. The van der Waals surface area contributed by atoms with E-state index in [4.69, 9.17) is 14.6 Å². The van der Waals surface area contributed by atoms with Crippen LogP contribution in [0.4, 0.5) is 5.69 Å². The Hall–Kier alpha value is -2.78. The Morgan fingerprint density at radius 3 is 2.50 bits per heavy atom. The summed E-state index contributed by atoms with van der Waals surface area (Å²) in [6.45, 7) is 4.12. The summed E-state index contributed by atoms with van der Waals surface area (Å²) < 4.78 is 6.42. The zero-order valence-electron chi connectivity index (χ0n) is 23.7. The van der Waals surface area contributed by atoms with Crippen LogP contribution >= 0.6 is 0 Å². The number of nitrogens with zero attached hydrogens (tertiary/aromatic N) is 3. The van der Waals surface area contributed by atoms with Crippen LogP contribution in [0.25, 0.3) is 10.9 Å². The van der Waals surface area contributed by atoms with Gasteiger partial charge < -0.3 is 19.4 Å². The molecule has 0 amide bonds. The number of anilines is 1. The molecule has 0 fully saturated rings. The normalized spacial score (nSPS) is 14.8. The van der Waals surface area contributed by atoms with Gasteiger partial charge in [0.2, 0.25) is 5.90 Å². The van der Waals surface area contributed by atoms with Crippen molar-refractivity contribution in [3.63, 3.8) is 0 Å². The van der Waals surface area contributed by atoms with Crippen molar-refractivity contribution < 1.29 is 14.1 Å². The van der Waals surface area contributed by atoms with Crippen molar-refractivity contribution >= 4 is 22.5 Å². The highest BCUT2D eigenvalue weighted by atomic mass is 16.7. The highest BCUT2D eigenvalue weighted by molar-refractivity contribution is 5.93. The molecule has 2 aromatic rings. The molecule has 1 aromatic heterocycles. The Bertz CT molecular complexity index is 1120. The predicted molar refractivity (Wildman–Crippen MR) is 157 cm³/mol. The third kappa shape index (κ3) is 8.91. The van der Waals surface area contributed by atoms with Gasteiger partial charge in [0.05, 0.1) is 32.6 Å². The van der Waals surface area contributed by atoms with Crippen molar-refractivity contribution in [3.8, 4) is 11.8 Å². The summed E-state index contributed by atoms with van der Waals surface area (Å²) >= 11 is 0. The Kier molecular flexibility index (Phi) is 11.1. The Morgan fingerprint density at radius 2 is 1.68 bits per heavy atom. The van der Waals surface area contributed by atoms with Gasteiger partial charge in [-0.25, -0.2) is 0 Å². The number of oxime groups is 1. The lowest BCUT2D eigenvalue weighted by Crippen LogP contribution is -2.40. The van der Waals surface area contributed by atoms with E-state index < -0.39 is 0 Å². The quantitative estimate of drug-likeness (QED) is 0.176. The number of benzene rings is 1. The molecule has 0 spiro atoms. The summed E-state index contributed by atoms with van der Waals surface area (Å²) in [6.07, 6.45) is 16.1. The van der Waals surface area contributed by atoms with Crippen LogP contribution in [0.1, 0.15) is 81.9 Å². The molecule has 1 aliphatic heterocycles. The fourth-order valence-corrected chi connectivity index (χ4v) is 5.43. The number of unbranched alkanes of at least 4 members (excludes halogenated alkanes) is 7. The zero-order valence-corrected chi connectivity index (χ0v) is 23.7. The van der Waals surface area contributed by atoms with E-state index >= 15 is 0 Å². The largest absolute Gasteiger partial charge is 0.465 e. The van der Waals surface area contributed by atoms with Crippen molar-refractivity contribution in [1.82, 2.24) is 4.98 Å². The van der Waals surface area contributed by atoms with E-state index in [2.05, 4.69) is 60.7 Å². The smallest absolute Gasteiger partial charge is 0.230 e. The SMILES string of the molecule is C[N+](C)(CC#CCOC1=NOCC1)CCCCCCCCCCNc1c2c(nc3ccccc13)CCCC2. The van der Waals surface area contributed by atoms with E-state index in [-0.39, 0.29) is 0 Å². The van der Waals surface area contributed by atoms with Gasteiger partial charge in [-0.3, -0.25) is 4.98 Å². The Balaban J connectivity index is 1.03. The molecular formula is C32H47N4O2+. The Morgan fingerprint density at radius 1 is 0.921 bits per heavy atom. The maximum absolute atomic E-state index is 5.48. The van der Waals surface area contributed by atoms with E-state index in [0.717, 1.165) is 35.9 Å². The van der Waals surface area contributed by atoms with Gasteiger partial charge in [0.25, 0.3) is 0 Å². The van der Waals surface area contributed by atoms with Crippen LogP contribution in [0.15, 0.2) is 29.4 Å². The third-order valence-electron chi connectivity index (χ3n) is 7.68. The molecule has 38 heavy (non-hydrogen) atoms. The average Bonchev–Trinajstić information content (AvgIpc) is 3.44. The molecule has 1 aromatic carbocycles. The van der Waals surface area contributed by atoms with Gasteiger partial charge >= 0.3 is 0 Å². The highest BCUT2D eigenvalue weighted by Gasteiger charge is 2.17. The van der Waals surface area contributed by atoms with Crippen molar-refractivity contribution in [3.05, 3.63) is 35.5 Å². The number of aromatic nitrogens is 1. The minimum atomic E-state index is 0.404. The lowest BCUT2D eigenvalue weighted by Gasteiger charge is -2.27. The molecule has 0 atom stereocenters. The standard InChI is InChI=1S/C32H47N4O2/c1-36(2,24-15-16-25-37-31-21-26-38-35-31)23-14-8-6-4-3-5-7-13-22-33-32-27-17-9-11-19-29(27)34-30-20-12-10-18-28(30)32/h9,11,17,19H,3-8,10,12-14,18,20-26H2,1-2H3,(H,33,34)/q+1. The lowest BCUT2D eigenvalue weighted by atomic mass is 9.92. The molecule has 6 heteroatoms. The summed E-state index contributed by atoms with van der Waals surface area (Å²) in [6, 6.07) is 8.63. The van der Waals surface area contributed by atoms with Crippen LogP contribution < -0.4 is 5.32 Å². The van der Waals surface area contributed by atoms with Crippen LogP contribution in [0.3, 0.4) is 0 Å². The summed E-state index contributed by atoms with van der Waals surface area (Å²) in [5, 5.41) is 8.93. The number of nitrogens with one attached hydrogen (secondary N) is 1. The third-order valence-corrected chi connectivity index (χ3v) is 7.68. The summed E-state index contributed by atoms with van der Waals surface area (Å²) in [5.41, 5.74) is 5.30. The minimum Gasteiger partial charge on any atom is -0.465 e. The van der Waals surface area contributed by atoms with Gasteiger partial charge in [-0.2, -0.15) is 0 Å². The van der Waals surface area contributed by atoms with Gasteiger partial charge in [-0.1, -0.05) is 61.4 Å². The number of ether oxygens (including phenoxy) is 1. The van der Waals surface area contributed by atoms with Crippen molar-refractivity contribution in [2.24, 2.45) is 5.16 Å². The minimum absolute atomic E-state index is 0.404. The molecule has 0 unspecified atom stereocenters. The summed E-state index contributed by atoms with van der Waals surface area (Å²) in [7, 11) is 4.53. The number of quaternary nitrogens is 1.